The van der Waals surface area contributed by atoms with E-state index in [1.54, 1.807) is 12.1 Å². The van der Waals surface area contributed by atoms with E-state index < -0.39 is 0 Å². The maximum Gasteiger partial charge on any atom is 0.115 e. The van der Waals surface area contributed by atoms with Crippen LogP contribution in [0, 0.1) is 0 Å². The van der Waals surface area contributed by atoms with Crippen LogP contribution in [0.15, 0.2) is 29.4 Å². The number of oxime groups is 1. The molecular formula is C10H13NO2. The first-order valence-electron chi connectivity index (χ1n) is 4.17. The van der Waals surface area contributed by atoms with Gasteiger partial charge < -0.3 is 9.94 Å². The van der Waals surface area contributed by atoms with E-state index in [2.05, 4.69) is 5.16 Å². The molecule has 1 N–H and O–H groups in total. The summed E-state index contributed by atoms with van der Waals surface area (Å²) in [6, 6.07) is 6.90. The lowest BCUT2D eigenvalue weighted by atomic mass is 10.1. The van der Waals surface area contributed by atoms with Gasteiger partial charge in [-0.1, -0.05) is 12.1 Å². The Bertz CT molecular complexity index is 290. The van der Waals surface area contributed by atoms with Gasteiger partial charge in [-0.05, 0) is 36.2 Å². The molecule has 0 amide bonds. The van der Waals surface area contributed by atoms with E-state index in [-0.39, 0.29) is 5.75 Å². The first-order valence-corrected chi connectivity index (χ1v) is 4.17. The van der Waals surface area contributed by atoms with Crippen molar-refractivity contribution in [2.45, 2.75) is 13.3 Å². The summed E-state index contributed by atoms with van der Waals surface area (Å²) in [5.41, 5.74) is 1.85. The minimum Gasteiger partial charge on any atom is -0.508 e. The molecule has 0 radical (unpaired) electrons. The molecule has 0 aromatic heterocycles. The van der Waals surface area contributed by atoms with Crippen LogP contribution in [0.1, 0.15) is 18.9 Å². The number of phenols is 1. The molecular weight excluding hydrogens is 166 g/mol. The number of rotatable bonds is 3. The van der Waals surface area contributed by atoms with Gasteiger partial charge in [0, 0.05) is 0 Å². The fraction of sp³-hybridized carbons (Fsp3) is 0.300. The zero-order valence-electron chi connectivity index (χ0n) is 7.82. The quantitative estimate of drug-likeness (QED) is 0.570. The Kier molecular flexibility index (Phi) is 3.31. The van der Waals surface area contributed by atoms with Crippen molar-refractivity contribution in [1.29, 1.82) is 0 Å². The van der Waals surface area contributed by atoms with Crippen molar-refractivity contribution in [3.8, 4) is 5.75 Å². The molecule has 3 nitrogen and oxygen atoms in total. The Balaban J connectivity index is 2.92. The average Bonchev–Trinajstić information content (AvgIpc) is 2.16. The lowest BCUT2D eigenvalue weighted by Gasteiger charge is -2.02. The molecule has 0 heterocycles. The summed E-state index contributed by atoms with van der Waals surface area (Å²) in [5.74, 6) is 0.261. The van der Waals surface area contributed by atoms with Crippen molar-refractivity contribution < 1.29 is 9.94 Å². The van der Waals surface area contributed by atoms with Crippen LogP contribution in [-0.4, -0.2) is 17.9 Å². The highest BCUT2D eigenvalue weighted by Gasteiger charge is 2.00. The van der Waals surface area contributed by atoms with Crippen molar-refractivity contribution in [2.24, 2.45) is 5.16 Å². The van der Waals surface area contributed by atoms with E-state index in [0.717, 1.165) is 17.7 Å². The predicted octanol–water partition coefficient (Wildman–Crippen LogP) is 2.15. The van der Waals surface area contributed by atoms with Gasteiger partial charge in [0.15, 0.2) is 0 Å². The summed E-state index contributed by atoms with van der Waals surface area (Å²) in [7, 11) is 1.52. The van der Waals surface area contributed by atoms with Crippen molar-refractivity contribution >= 4 is 5.71 Å². The third kappa shape index (κ3) is 2.47. The van der Waals surface area contributed by atoms with Gasteiger partial charge in [-0.25, -0.2) is 0 Å². The Morgan fingerprint density at radius 2 is 2.00 bits per heavy atom. The third-order valence-corrected chi connectivity index (χ3v) is 1.74. The summed E-state index contributed by atoms with van der Waals surface area (Å²) in [4.78, 5) is 4.70. The zero-order valence-corrected chi connectivity index (χ0v) is 7.82. The van der Waals surface area contributed by atoms with E-state index in [1.807, 2.05) is 19.1 Å². The minimum absolute atomic E-state index is 0.261. The molecule has 13 heavy (non-hydrogen) atoms. The van der Waals surface area contributed by atoms with Gasteiger partial charge in [0.2, 0.25) is 0 Å². The van der Waals surface area contributed by atoms with Crippen LogP contribution in [-0.2, 0) is 4.84 Å². The van der Waals surface area contributed by atoms with Gasteiger partial charge in [0.05, 0.1) is 5.71 Å². The molecule has 0 saturated heterocycles. The molecule has 0 unspecified atom stereocenters. The van der Waals surface area contributed by atoms with Crippen LogP contribution in [0.4, 0.5) is 0 Å². The van der Waals surface area contributed by atoms with E-state index >= 15 is 0 Å². The fourth-order valence-corrected chi connectivity index (χ4v) is 1.09. The second-order valence-corrected chi connectivity index (χ2v) is 2.62. The lowest BCUT2D eigenvalue weighted by molar-refractivity contribution is 0.213. The largest absolute Gasteiger partial charge is 0.508 e. The molecule has 0 bridgehead atoms. The molecule has 3 heteroatoms. The van der Waals surface area contributed by atoms with Crippen molar-refractivity contribution in [2.75, 3.05) is 7.11 Å². The maximum atomic E-state index is 9.07. The van der Waals surface area contributed by atoms with Gasteiger partial charge >= 0.3 is 0 Å². The van der Waals surface area contributed by atoms with Crippen LogP contribution >= 0.6 is 0 Å². The standard InChI is InChI=1S/C10H13NO2/c1-3-10(11-13-2)8-4-6-9(12)7-5-8/h4-7,12H,3H2,1-2H3/b11-10-. The summed E-state index contributed by atoms with van der Waals surface area (Å²) < 4.78 is 0. The molecule has 0 atom stereocenters. The predicted molar refractivity (Wildman–Crippen MR) is 51.9 cm³/mol. The second kappa shape index (κ2) is 4.50. The number of benzene rings is 1. The van der Waals surface area contributed by atoms with E-state index in [1.165, 1.54) is 7.11 Å². The molecule has 1 aromatic rings. The molecule has 0 aliphatic carbocycles. The first kappa shape index (κ1) is 9.58. The van der Waals surface area contributed by atoms with Crippen LogP contribution < -0.4 is 0 Å². The van der Waals surface area contributed by atoms with E-state index in [9.17, 15) is 0 Å². The van der Waals surface area contributed by atoms with Crippen molar-refractivity contribution in [3.63, 3.8) is 0 Å². The van der Waals surface area contributed by atoms with Gasteiger partial charge in [0.1, 0.15) is 12.9 Å². The van der Waals surface area contributed by atoms with Crippen molar-refractivity contribution in [1.82, 2.24) is 0 Å². The second-order valence-electron chi connectivity index (χ2n) is 2.62. The van der Waals surface area contributed by atoms with Crippen LogP contribution in [0.5, 0.6) is 5.75 Å². The number of aromatic hydroxyl groups is 1. The highest BCUT2D eigenvalue weighted by atomic mass is 16.6. The first-order chi connectivity index (χ1) is 6.27. The van der Waals surface area contributed by atoms with Crippen LogP contribution in [0.25, 0.3) is 0 Å². The summed E-state index contributed by atoms with van der Waals surface area (Å²) >= 11 is 0. The molecule has 0 aliphatic rings. The number of hydrogen-bond acceptors (Lipinski definition) is 3. The summed E-state index contributed by atoms with van der Waals surface area (Å²) in [6.45, 7) is 2.00. The Morgan fingerprint density at radius 1 is 1.38 bits per heavy atom. The van der Waals surface area contributed by atoms with E-state index in [4.69, 9.17) is 9.94 Å². The maximum absolute atomic E-state index is 9.07. The van der Waals surface area contributed by atoms with Crippen LogP contribution in [0.2, 0.25) is 0 Å². The smallest absolute Gasteiger partial charge is 0.115 e. The normalized spacial score (nSPS) is 11.4. The highest BCUT2D eigenvalue weighted by molar-refractivity contribution is 6.00. The number of hydrogen-bond donors (Lipinski definition) is 1. The zero-order chi connectivity index (χ0) is 9.68. The van der Waals surface area contributed by atoms with Crippen molar-refractivity contribution in [3.05, 3.63) is 29.8 Å². The average molecular weight is 179 g/mol. The van der Waals surface area contributed by atoms with E-state index in [0.29, 0.717) is 0 Å². The Labute approximate surface area is 77.6 Å². The fourth-order valence-electron chi connectivity index (χ4n) is 1.09. The number of phenolic OH excluding ortho intramolecular Hbond substituents is 1. The van der Waals surface area contributed by atoms with Gasteiger partial charge in [-0.2, -0.15) is 0 Å². The molecule has 70 valence electrons. The van der Waals surface area contributed by atoms with Crippen LogP contribution in [0.3, 0.4) is 0 Å². The Morgan fingerprint density at radius 3 is 2.46 bits per heavy atom. The molecule has 1 rings (SSSR count). The highest BCUT2D eigenvalue weighted by Crippen LogP contribution is 2.11. The summed E-state index contributed by atoms with van der Waals surface area (Å²) in [6.07, 6.45) is 0.804. The molecule has 0 saturated carbocycles. The van der Waals surface area contributed by atoms with Gasteiger partial charge in [-0.15, -0.1) is 0 Å². The third-order valence-electron chi connectivity index (χ3n) is 1.74. The molecule has 0 fully saturated rings. The van der Waals surface area contributed by atoms with Gasteiger partial charge in [0.25, 0.3) is 0 Å². The SMILES string of the molecule is CC/C(=N/OC)c1ccc(O)cc1. The Hall–Kier alpha value is -1.51. The summed E-state index contributed by atoms with van der Waals surface area (Å²) in [5, 5.41) is 12.9. The minimum atomic E-state index is 0.261. The molecule has 0 spiro atoms. The topological polar surface area (TPSA) is 41.8 Å². The number of nitrogens with zero attached hydrogens (tertiary/aromatic N) is 1. The molecule has 1 aromatic carbocycles. The van der Waals surface area contributed by atoms with Gasteiger partial charge in [-0.3, -0.25) is 0 Å². The molecule has 0 aliphatic heterocycles. The monoisotopic (exact) mass is 179 g/mol. The lowest BCUT2D eigenvalue weighted by Crippen LogP contribution is -1.98.